The minimum atomic E-state index is -1.01. The monoisotopic (exact) mass is 492 g/mol. The third-order valence-corrected chi connectivity index (χ3v) is 6.58. The maximum atomic E-state index is 13.1. The molecule has 172 valence electrons. The number of hydrogen-bond donors (Lipinski definition) is 0. The Morgan fingerprint density at radius 1 is 1.12 bits per heavy atom. The van der Waals surface area contributed by atoms with Crippen molar-refractivity contribution in [3.05, 3.63) is 82.8 Å². The van der Waals surface area contributed by atoms with E-state index in [9.17, 15) is 19.2 Å². The summed E-state index contributed by atoms with van der Waals surface area (Å²) in [6, 6.07) is 14.6. The van der Waals surface area contributed by atoms with E-state index < -0.39 is 29.7 Å². The van der Waals surface area contributed by atoms with Crippen LogP contribution in [0.25, 0.3) is 6.08 Å². The fourth-order valence-corrected chi connectivity index (χ4v) is 4.93. The van der Waals surface area contributed by atoms with E-state index in [1.807, 2.05) is 36.4 Å². The van der Waals surface area contributed by atoms with E-state index in [2.05, 4.69) is 0 Å². The number of nitrogens with zero attached hydrogens (tertiary/aromatic N) is 2. The number of anilines is 1. The number of hydrogen-bond acceptors (Lipinski definition) is 7. The highest BCUT2D eigenvalue weighted by atomic mass is 32.2. The van der Waals surface area contributed by atoms with Crippen LogP contribution in [0.15, 0.2) is 71.7 Å². The van der Waals surface area contributed by atoms with Crippen LogP contribution in [0.5, 0.6) is 0 Å². The fourth-order valence-electron chi connectivity index (χ4n) is 3.62. The molecular formula is C25H20N2O5S2. The van der Waals surface area contributed by atoms with E-state index in [4.69, 9.17) is 17.0 Å². The number of carbonyl (C=O) groups is 4. The van der Waals surface area contributed by atoms with E-state index in [-0.39, 0.29) is 17.3 Å². The Morgan fingerprint density at radius 3 is 2.50 bits per heavy atom. The molecule has 4 rings (SSSR count). The van der Waals surface area contributed by atoms with Crippen molar-refractivity contribution in [1.82, 2.24) is 4.90 Å². The van der Waals surface area contributed by atoms with Crippen LogP contribution in [0.4, 0.5) is 5.69 Å². The fraction of sp³-hybridized carbons (Fsp3) is 0.160. The summed E-state index contributed by atoms with van der Waals surface area (Å²) in [5.41, 5.74) is 1.61. The van der Waals surface area contributed by atoms with Crippen LogP contribution < -0.4 is 4.90 Å². The smallest absolute Gasteiger partial charge is 0.338 e. The molecule has 2 aromatic rings. The zero-order valence-electron chi connectivity index (χ0n) is 18.2. The third-order valence-electron chi connectivity index (χ3n) is 5.23. The molecule has 2 heterocycles. The topological polar surface area (TPSA) is 84.0 Å². The summed E-state index contributed by atoms with van der Waals surface area (Å²) in [6.45, 7) is 1.95. The maximum absolute atomic E-state index is 13.1. The Hall–Kier alpha value is -3.56. The van der Waals surface area contributed by atoms with Gasteiger partial charge in [0, 0.05) is 0 Å². The van der Waals surface area contributed by atoms with Gasteiger partial charge in [-0.1, -0.05) is 66.5 Å². The molecule has 0 bridgehead atoms. The summed E-state index contributed by atoms with van der Waals surface area (Å²) < 4.78 is 5.18. The number of thiocarbonyl (C=S) groups is 1. The van der Waals surface area contributed by atoms with Gasteiger partial charge in [0.2, 0.25) is 5.91 Å². The Bertz CT molecular complexity index is 1220. The average Bonchev–Trinajstić information content (AvgIpc) is 3.28. The predicted molar refractivity (Wildman–Crippen MR) is 134 cm³/mol. The van der Waals surface area contributed by atoms with Gasteiger partial charge in [0.15, 0.2) is 0 Å². The van der Waals surface area contributed by atoms with Gasteiger partial charge in [0.25, 0.3) is 11.8 Å². The lowest BCUT2D eigenvalue weighted by Gasteiger charge is -2.21. The van der Waals surface area contributed by atoms with Gasteiger partial charge in [-0.3, -0.25) is 19.3 Å². The number of carbonyl (C=O) groups excluding carboxylic acids is 4. The lowest BCUT2D eigenvalue weighted by Crippen LogP contribution is -2.44. The summed E-state index contributed by atoms with van der Waals surface area (Å²) in [5, 5.41) is 0. The van der Waals surface area contributed by atoms with Gasteiger partial charge in [0.1, 0.15) is 10.4 Å². The Labute approximate surface area is 206 Å². The molecule has 2 saturated heterocycles. The molecule has 7 nitrogen and oxygen atoms in total. The van der Waals surface area contributed by atoms with Crippen LogP contribution in [-0.4, -0.2) is 45.6 Å². The summed E-state index contributed by atoms with van der Waals surface area (Å²) in [4.78, 5) is 53.3. The van der Waals surface area contributed by atoms with Crippen molar-refractivity contribution >= 4 is 63.8 Å². The van der Waals surface area contributed by atoms with Gasteiger partial charge in [-0.05, 0) is 42.8 Å². The second-order valence-corrected chi connectivity index (χ2v) is 9.07. The first-order chi connectivity index (χ1) is 16.4. The van der Waals surface area contributed by atoms with Crippen molar-refractivity contribution in [3.8, 4) is 0 Å². The molecule has 1 atom stereocenters. The number of imide groups is 1. The molecule has 0 aliphatic carbocycles. The first kappa shape index (κ1) is 23.6. The molecule has 3 amide bonds. The van der Waals surface area contributed by atoms with Crippen molar-refractivity contribution in [2.24, 2.45) is 0 Å². The molecule has 9 heteroatoms. The summed E-state index contributed by atoms with van der Waals surface area (Å²) in [7, 11) is 0. The van der Waals surface area contributed by atoms with Crippen molar-refractivity contribution in [2.75, 3.05) is 11.5 Å². The van der Waals surface area contributed by atoms with E-state index in [0.717, 1.165) is 22.2 Å². The van der Waals surface area contributed by atoms with E-state index >= 15 is 0 Å². The van der Waals surface area contributed by atoms with Crippen LogP contribution in [0.2, 0.25) is 0 Å². The van der Waals surface area contributed by atoms with E-state index in [0.29, 0.717) is 16.2 Å². The molecule has 2 fully saturated rings. The molecule has 0 radical (unpaired) electrons. The number of allylic oxidation sites excluding steroid dienone is 2. The highest BCUT2D eigenvalue weighted by Crippen LogP contribution is 2.36. The van der Waals surface area contributed by atoms with Crippen LogP contribution in [0.1, 0.15) is 29.3 Å². The molecule has 0 aromatic heterocycles. The summed E-state index contributed by atoms with van der Waals surface area (Å²) in [6.07, 6.45) is 5.09. The largest absolute Gasteiger partial charge is 0.462 e. The highest BCUT2D eigenvalue weighted by molar-refractivity contribution is 8.26. The van der Waals surface area contributed by atoms with Crippen molar-refractivity contribution in [1.29, 1.82) is 0 Å². The number of thioether (sulfide) groups is 1. The van der Waals surface area contributed by atoms with Gasteiger partial charge in [-0.15, -0.1) is 0 Å². The Kier molecular flexibility index (Phi) is 7.04. The third kappa shape index (κ3) is 4.71. The number of esters is 1. The zero-order valence-corrected chi connectivity index (χ0v) is 19.8. The molecule has 0 N–H and O–H groups in total. The van der Waals surface area contributed by atoms with Crippen LogP contribution in [-0.2, 0) is 19.1 Å². The minimum Gasteiger partial charge on any atom is -0.462 e. The predicted octanol–water partition coefficient (Wildman–Crippen LogP) is 3.95. The summed E-state index contributed by atoms with van der Waals surface area (Å²) in [5.74, 6) is -1.87. The molecule has 2 aliphatic rings. The van der Waals surface area contributed by atoms with Gasteiger partial charge >= 0.3 is 5.97 Å². The standard InChI is InChI=1S/C25H20N2O5S2/c1-2-32-24(31)17-11-13-18(14-12-17)26-21(28)15-19(22(26)29)27-23(30)20(34-25(27)33)10-6-9-16-7-4-3-5-8-16/h3-14,19H,2,15H2,1H3/b9-6+,20-10-/t19-/m0/s1. The minimum absolute atomic E-state index is 0.169. The van der Waals surface area contributed by atoms with Crippen molar-refractivity contribution in [3.63, 3.8) is 0 Å². The van der Waals surface area contributed by atoms with Gasteiger partial charge in [0.05, 0.1) is 29.2 Å². The highest BCUT2D eigenvalue weighted by Gasteiger charge is 2.48. The normalized spacial score (nSPS) is 19.7. The Balaban J connectivity index is 1.50. The number of amides is 3. The molecular weight excluding hydrogens is 472 g/mol. The maximum Gasteiger partial charge on any atom is 0.338 e. The van der Waals surface area contributed by atoms with Crippen LogP contribution in [0, 0.1) is 0 Å². The van der Waals surface area contributed by atoms with Gasteiger partial charge in [-0.25, -0.2) is 9.69 Å². The quantitative estimate of drug-likeness (QED) is 0.261. The molecule has 0 spiro atoms. The Morgan fingerprint density at radius 2 is 1.82 bits per heavy atom. The zero-order chi connectivity index (χ0) is 24.2. The summed E-state index contributed by atoms with van der Waals surface area (Å²) >= 11 is 6.46. The van der Waals surface area contributed by atoms with Gasteiger partial charge < -0.3 is 4.74 Å². The first-order valence-electron chi connectivity index (χ1n) is 10.5. The van der Waals surface area contributed by atoms with Gasteiger partial charge in [-0.2, -0.15) is 0 Å². The average molecular weight is 493 g/mol. The molecule has 0 unspecified atom stereocenters. The van der Waals surface area contributed by atoms with E-state index in [1.54, 1.807) is 19.1 Å². The number of benzene rings is 2. The number of rotatable bonds is 6. The second-order valence-electron chi connectivity index (χ2n) is 7.40. The number of ether oxygens (including phenoxy) is 1. The second kappa shape index (κ2) is 10.1. The molecule has 2 aliphatic heterocycles. The van der Waals surface area contributed by atoms with E-state index in [1.165, 1.54) is 29.2 Å². The van der Waals surface area contributed by atoms with Crippen LogP contribution in [0.3, 0.4) is 0 Å². The molecule has 34 heavy (non-hydrogen) atoms. The van der Waals surface area contributed by atoms with Crippen molar-refractivity contribution < 1.29 is 23.9 Å². The lowest BCUT2D eigenvalue weighted by atomic mass is 10.2. The SMILES string of the molecule is CCOC(=O)c1ccc(N2C(=O)C[C@H](N3C(=O)/C(=C/C=C/c4ccccc4)SC3=S)C2=O)cc1. The van der Waals surface area contributed by atoms with Crippen LogP contribution >= 0.6 is 24.0 Å². The molecule has 2 aromatic carbocycles. The van der Waals surface area contributed by atoms with Crippen molar-refractivity contribution in [2.45, 2.75) is 19.4 Å². The lowest BCUT2D eigenvalue weighted by molar-refractivity contribution is -0.130. The molecule has 0 saturated carbocycles. The first-order valence-corrected chi connectivity index (χ1v) is 11.8.